The first kappa shape index (κ1) is 17.7. The summed E-state index contributed by atoms with van der Waals surface area (Å²) in [7, 11) is 0. The molecule has 0 aromatic carbocycles. The Morgan fingerprint density at radius 2 is 1.92 bits per heavy atom. The van der Waals surface area contributed by atoms with Crippen molar-refractivity contribution in [1.82, 2.24) is 0 Å². The van der Waals surface area contributed by atoms with E-state index in [1.165, 1.54) is 5.57 Å². The van der Waals surface area contributed by atoms with Crippen LogP contribution in [0.1, 0.15) is 72.6 Å². The molecule has 0 radical (unpaired) electrons. The number of hydrogen-bond acceptors (Lipinski definition) is 3. The first-order chi connectivity index (χ1) is 11.6. The Labute approximate surface area is 151 Å². The van der Waals surface area contributed by atoms with Crippen molar-refractivity contribution in [2.75, 3.05) is 0 Å². The van der Waals surface area contributed by atoms with E-state index in [9.17, 15) is 15.0 Å². The zero-order chi connectivity index (χ0) is 18.2. The normalized spacial score (nSPS) is 55.0. The van der Waals surface area contributed by atoms with E-state index in [4.69, 9.17) is 0 Å². The Kier molecular flexibility index (Phi) is 3.84. The number of carbonyl (C=O) groups excluding carboxylic acids is 1. The van der Waals surface area contributed by atoms with Gasteiger partial charge < -0.3 is 10.2 Å². The lowest BCUT2D eigenvalue weighted by molar-refractivity contribution is -0.180. The molecule has 4 aliphatic carbocycles. The number of allylic oxidation sites excluding steroid dienone is 1. The molecule has 25 heavy (non-hydrogen) atoms. The van der Waals surface area contributed by atoms with E-state index in [2.05, 4.69) is 19.9 Å². The van der Waals surface area contributed by atoms with Gasteiger partial charge in [0.25, 0.3) is 0 Å². The second-order valence-electron chi connectivity index (χ2n) is 10.3. The van der Waals surface area contributed by atoms with Crippen LogP contribution < -0.4 is 0 Å². The zero-order valence-electron chi connectivity index (χ0n) is 16.2. The van der Waals surface area contributed by atoms with Crippen molar-refractivity contribution < 1.29 is 15.0 Å². The summed E-state index contributed by atoms with van der Waals surface area (Å²) in [4.78, 5) is 12.3. The molecule has 2 N–H and O–H groups in total. The Hall–Kier alpha value is -0.670. The fourth-order valence-electron chi connectivity index (χ4n) is 8.09. The highest BCUT2D eigenvalue weighted by atomic mass is 16.3. The quantitative estimate of drug-likeness (QED) is 0.709. The van der Waals surface area contributed by atoms with E-state index in [1.807, 2.05) is 6.92 Å². The van der Waals surface area contributed by atoms with E-state index in [0.29, 0.717) is 17.6 Å². The predicted octanol–water partition coefficient (Wildman–Crippen LogP) is 3.88. The average Bonchev–Trinajstić information content (AvgIpc) is 2.83. The summed E-state index contributed by atoms with van der Waals surface area (Å²) >= 11 is 0. The molecule has 0 spiro atoms. The van der Waals surface area contributed by atoms with Crippen molar-refractivity contribution in [3.8, 4) is 0 Å². The Balaban J connectivity index is 1.77. The lowest BCUT2D eigenvalue weighted by atomic mass is 9.43. The highest BCUT2D eigenvalue weighted by molar-refractivity contribution is 5.79. The van der Waals surface area contributed by atoms with Gasteiger partial charge in [-0.2, -0.15) is 0 Å². The van der Waals surface area contributed by atoms with Crippen LogP contribution >= 0.6 is 0 Å². The third-order valence-corrected chi connectivity index (χ3v) is 8.76. The van der Waals surface area contributed by atoms with Crippen molar-refractivity contribution in [2.45, 2.75) is 84.3 Å². The van der Waals surface area contributed by atoms with Gasteiger partial charge in [-0.05, 0) is 87.4 Å². The summed E-state index contributed by atoms with van der Waals surface area (Å²) in [5.41, 5.74) is 0.565. The SMILES string of the molecule is CC(=O)C1CCC2C3CC=C4CC(O)CCC4(C)C3C(C)(O)CC12C. The third-order valence-electron chi connectivity index (χ3n) is 8.76. The molecule has 3 nitrogen and oxygen atoms in total. The Morgan fingerprint density at radius 1 is 1.20 bits per heavy atom. The van der Waals surface area contributed by atoms with Gasteiger partial charge in [-0.3, -0.25) is 4.79 Å². The van der Waals surface area contributed by atoms with Gasteiger partial charge in [-0.25, -0.2) is 0 Å². The van der Waals surface area contributed by atoms with Gasteiger partial charge in [0.1, 0.15) is 5.78 Å². The number of ketones is 1. The van der Waals surface area contributed by atoms with Gasteiger partial charge in [0.15, 0.2) is 0 Å². The van der Waals surface area contributed by atoms with E-state index in [1.54, 1.807) is 6.92 Å². The lowest BCUT2D eigenvalue weighted by Gasteiger charge is -2.63. The first-order valence-electron chi connectivity index (χ1n) is 10.2. The summed E-state index contributed by atoms with van der Waals surface area (Å²) < 4.78 is 0. The second kappa shape index (κ2) is 5.42. The molecular weight excluding hydrogens is 312 g/mol. The minimum atomic E-state index is -0.746. The minimum absolute atomic E-state index is 0.00128. The molecule has 3 saturated carbocycles. The molecule has 0 heterocycles. The average molecular weight is 347 g/mol. The molecule has 0 aromatic heterocycles. The largest absolute Gasteiger partial charge is 0.393 e. The molecule has 0 aliphatic heterocycles. The molecule has 4 rings (SSSR count). The fraction of sp³-hybridized carbons (Fsp3) is 0.864. The molecule has 8 unspecified atom stereocenters. The van der Waals surface area contributed by atoms with E-state index < -0.39 is 5.60 Å². The number of carbonyl (C=O) groups is 1. The Morgan fingerprint density at radius 3 is 2.60 bits per heavy atom. The van der Waals surface area contributed by atoms with Crippen molar-refractivity contribution in [1.29, 1.82) is 0 Å². The van der Waals surface area contributed by atoms with Crippen molar-refractivity contribution in [2.24, 2.45) is 34.5 Å². The maximum absolute atomic E-state index is 12.3. The highest BCUT2D eigenvalue weighted by Gasteiger charge is 2.65. The summed E-state index contributed by atoms with van der Waals surface area (Å²) in [6.07, 6.45) is 8.60. The number of Topliss-reactive ketones (excluding diaryl/α,β-unsaturated/α-hetero) is 1. The maximum atomic E-state index is 12.3. The molecule has 8 atom stereocenters. The molecule has 140 valence electrons. The smallest absolute Gasteiger partial charge is 0.133 e. The summed E-state index contributed by atoms with van der Waals surface area (Å²) in [5, 5.41) is 21.8. The van der Waals surface area contributed by atoms with Crippen LogP contribution in [0, 0.1) is 34.5 Å². The van der Waals surface area contributed by atoms with Crippen molar-refractivity contribution in [3.63, 3.8) is 0 Å². The molecule has 0 aromatic rings. The summed E-state index contributed by atoms with van der Waals surface area (Å²) in [6, 6.07) is 0. The number of aliphatic hydroxyl groups excluding tert-OH is 1. The molecule has 3 heteroatoms. The monoisotopic (exact) mass is 346 g/mol. The number of fused-ring (bicyclic) bond motifs is 5. The van der Waals surface area contributed by atoms with Crippen molar-refractivity contribution in [3.05, 3.63) is 11.6 Å². The molecule has 0 saturated heterocycles. The van der Waals surface area contributed by atoms with Crippen LogP contribution in [0.15, 0.2) is 11.6 Å². The molecule has 0 amide bonds. The second-order valence-corrected chi connectivity index (χ2v) is 10.3. The lowest BCUT2D eigenvalue weighted by Crippen LogP contribution is -2.61. The van der Waals surface area contributed by atoms with Crippen LogP contribution in [-0.4, -0.2) is 27.7 Å². The van der Waals surface area contributed by atoms with Crippen LogP contribution in [0.2, 0.25) is 0 Å². The van der Waals surface area contributed by atoms with Gasteiger partial charge in [0, 0.05) is 5.92 Å². The summed E-state index contributed by atoms with van der Waals surface area (Å²) in [5.74, 6) is 1.65. The predicted molar refractivity (Wildman–Crippen MR) is 97.9 cm³/mol. The van der Waals surface area contributed by atoms with Gasteiger partial charge in [0.2, 0.25) is 0 Å². The minimum Gasteiger partial charge on any atom is -0.393 e. The van der Waals surface area contributed by atoms with Crippen LogP contribution in [0.3, 0.4) is 0 Å². The molecule has 0 bridgehead atoms. The van der Waals surface area contributed by atoms with Gasteiger partial charge in [-0.1, -0.05) is 25.5 Å². The van der Waals surface area contributed by atoms with Crippen molar-refractivity contribution >= 4 is 5.78 Å². The molecule has 4 aliphatic rings. The zero-order valence-corrected chi connectivity index (χ0v) is 16.2. The fourth-order valence-corrected chi connectivity index (χ4v) is 8.09. The molecular formula is C22H34O3. The van der Waals surface area contributed by atoms with Crippen LogP contribution in [0.4, 0.5) is 0 Å². The van der Waals surface area contributed by atoms with Gasteiger partial charge in [0.05, 0.1) is 11.7 Å². The standard InChI is InChI=1S/C22H34O3/c1-13(23)17-7-8-18-16-6-5-14-11-15(24)9-10-20(14,2)19(16)22(4,25)12-21(17,18)3/h5,15-19,24-25H,6-12H2,1-4H3. The van der Waals surface area contributed by atoms with Gasteiger partial charge >= 0.3 is 0 Å². The van der Waals surface area contributed by atoms with E-state index in [-0.39, 0.29) is 28.8 Å². The van der Waals surface area contributed by atoms with Gasteiger partial charge in [-0.15, -0.1) is 0 Å². The van der Waals surface area contributed by atoms with E-state index in [0.717, 1.165) is 44.9 Å². The number of hydrogen-bond donors (Lipinski definition) is 2. The maximum Gasteiger partial charge on any atom is 0.133 e. The topological polar surface area (TPSA) is 57.5 Å². The first-order valence-corrected chi connectivity index (χ1v) is 10.2. The third kappa shape index (κ3) is 2.34. The van der Waals surface area contributed by atoms with Crippen LogP contribution in [0.5, 0.6) is 0 Å². The Bertz CT molecular complexity index is 621. The molecule has 3 fully saturated rings. The number of aliphatic hydroxyl groups is 2. The highest BCUT2D eigenvalue weighted by Crippen LogP contribution is 2.68. The number of rotatable bonds is 1. The summed E-state index contributed by atoms with van der Waals surface area (Å²) in [6.45, 7) is 8.37. The van der Waals surface area contributed by atoms with Crippen LogP contribution in [-0.2, 0) is 4.79 Å². The van der Waals surface area contributed by atoms with Crippen LogP contribution in [0.25, 0.3) is 0 Å². The van der Waals surface area contributed by atoms with E-state index >= 15 is 0 Å².